The largest absolute Gasteiger partial charge is 0.187 e. The Bertz CT molecular complexity index is 138. The molecule has 0 heterocycles. The van der Waals surface area contributed by atoms with Crippen LogP contribution in [0, 0.1) is 0 Å². The van der Waals surface area contributed by atoms with Crippen molar-refractivity contribution in [1.29, 1.82) is 0 Å². The molecule has 1 aromatic carbocycles. The Kier molecular flexibility index (Phi) is 4.27. The summed E-state index contributed by atoms with van der Waals surface area (Å²) in [5, 5.41) is 0. The van der Waals surface area contributed by atoms with Gasteiger partial charge in [0.05, 0.1) is 0 Å². The van der Waals surface area contributed by atoms with E-state index >= 15 is 0 Å². The standard InChI is InChI=1S/C6H5Br.Al.3H/c7-6-4-2-1-3-5-6;;;;/h1-5H;;;;. The summed E-state index contributed by atoms with van der Waals surface area (Å²) in [6.45, 7) is 0. The monoisotopic (exact) mass is 186 g/mol. The van der Waals surface area contributed by atoms with Crippen LogP contribution >= 0.6 is 15.9 Å². The first kappa shape index (κ1) is 8.23. The molecular formula is C6H8AlBr. The minimum absolute atomic E-state index is 0. The highest BCUT2D eigenvalue weighted by Crippen LogP contribution is 2.05. The van der Waals surface area contributed by atoms with Crippen molar-refractivity contribution in [1.82, 2.24) is 0 Å². The van der Waals surface area contributed by atoms with E-state index in [1.165, 1.54) is 0 Å². The predicted molar refractivity (Wildman–Crippen MR) is 44.1 cm³/mol. The molecule has 0 radical (unpaired) electrons. The Hall–Kier alpha value is 0.232. The molecule has 0 amide bonds. The Labute approximate surface area is 68.2 Å². The maximum atomic E-state index is 3.31. The van der Waals surface area contributed by atoms with E-state index in [1.807, 2.05) is 30.3 Å². The van der Waals surface area contributed by atoms with Crippen molar-refractivity contribution in [3.63, 3.8) is 0 Å². The smallest absolute Gasteiger partial charge is 0.0622 e. The minimum Gasteiger partial charge on any atom is -0.0622 e. The van der Waals surface area contributed by atoms with Crippen molar-refractivity contribution in [2.75, 3.05) is 0 Å². The van der Waals surface area contributed by atoms with E-state index in [-0.39, 0.29) is 17.4 Å². The van der Waals surface area contributed by atoms with Crippen LogP contribution in [0.1, 0.15) is 0 Å². The van der Waals surface area contributed by atoms with Crippen LogP contribution in [0.2, 0.25) is 0 Å². The zero-order valence-corrected chi connectivity index (χ0v) is 5.35. The van der Waals surface area contributed by atoms with Gasteiger partial charge in [0.1, 0.15) is 0 Å². The van der Waals surface area contributed by atoms with Crippen LogP contribution in [0.5, 0.6) is 0 Å². The molecule has 0 fully saturated rings. The second-order valence-corrected chi connectivity index (χ2v) is 2.21. The van der Waals surface area contributed by atoms with E-state index in [2.05, 4.69) is 15.9 Å². The van der Waals surface area contributed by atoms with Gasteiger partial charge in [-0.15, -0.1) is 0 Å². The molecule has 0 aromatic heterocycles. The Morgan fingerprint density at radius 1 is 1.00 bits per heavy atom. The predicted octanol–water partition coefficient (Wildman–Crippen LogP) is 1.27. The van der Waals surface area contributed by atoms with Gasteiger partial charge in [-0.05, 0) is 12.1 Å². The van der Waals surface area contributed by atoms with E-state index in [0.717, 1.165) is 4.47 Å². The molecule has 0 aliphatic carbocycles. The van der Waals surface area contributed by atoms with Gasteiger partial charge in [0.2, 0.25) is 0 Å². The van der Waals surface area contributed by atoms with Gasteiger partial charge in [-0.25, -0.2) is 0 Å². The molecule has 0 spiro atoms. The highest BCUT2D eigenvalue weighted by Gasteiger charge is 1.74. The third-order valence-electron chi connectivity index (χ3n) is 0.733. The van der Waals surface area contributed by atoms with Gasteiger partial charge in [-0.2, -0.15) is 0 Å². The van der Waals surface area contributed by atoms with Crippen LogP contribution in [-0.2, 0) is 0 Å². The van der Waals surface area contributed by atoms with E-state index in [1.54, 1.807) is 0 Å². The molecule has 1 rings (SSSR count). The van der Waals surface area contributed by atoms with Gasteiger partial charge in [0.15, 0.2) is 17.4 Å². The van der Waals surface area contributed by atoms with Crippen molar-refractivity contribution < 1.29 is 0 Å². The summed E-state index contributed by atoms with van der Waals surface area (Å²) in [7, 11) is 0. The normalized spacial score (nSPS) is 7.62. The highest BCUT2D eigenvalue weighted by atomic mass is 79.9. The highest BCUT2D eigenvalue weighted by molar-refractivity contribution is 9.10. The fourth-order valence-electron chi connectivity index (χ4n) is 0.415. The molecule has 42 valence electrons. The van der Waals surface area contributed by atoms with E-state index in [4.69, 9.17) is 0 Å². The van der Waals surface area contributed by atoms with Crippen molar-refractivity contribution >= 4 is 33.3 Å². The van der Waals surface area contributed by atoms with Gasteiger partial charge >= 0.3 is 0 Å². The third-order valence-corrected chi connectivity index (χ3v) is 1.26. The number of rotatable bonds is 0. The Balaban J connectivity index is 0.000000490. The number of halogens is 1. The molecule has 1 aromatic rings. The molecule has 0 unspecified atom stereocenters. The summed E-state index contributed by atoms with van der Waals surface area (Å²) in [5.41, 5.74) is 0. The van der Waals surface area contributed by atoms with Crippen molar-refractivity contribution in [3.8, 4) is 0 Å². The topological polar surface area (TPSA) is 0 Å². The lowest BCUT2D eigenvalue weighted by molar-refractivity contribution is 1.66. The zero-order chi connectivity index (χ0) is 5.11. The van der Waals surface area contributed by atoms with Crippen molar-refractivity contribution in [2.24, 2.45) is 0 Å². The van der Waals surface area contributed by atoms with Gasteiger partial charge in [-0.3, -0.25) is 0 Å². The molecule has 0 aliphatic heterocycles. The van der Waals surface area contributed by atoms with E-state index < -0.39 is 0 Å². The zero-order valence-electron chi connectivity index (χ0n) is 3.76. The molecule has 2 heteroatoms. The lowest BCUT2D eigenvalue weighted by Gasteiger charge is -1.80. The fourth-order valence-corrected chi connectivity index (χ4v) is 0.720. The van der Waals surface area contributed by atoms with Crippen LogP contribution in [0.4, 0.5) is 0 Å². The first-order chi connectivity index (χ1) is 3.39. The van der Waals surface area contributed by atoms with Gasteiger partial charge in [0.25, 0.3) is 0 Å². The molecule has 0 nitrogen and oxygen atoms in total. The van der Waals surface area contributed by atoms with Crippen molar-refractivity contribution in [3.05, 3.63) is 34.8 Å². The molecular weight excluding hydrogens is 179 g/mol. The fraction of sp³-hybridized carbons (Fsp3) is 0. The lowest BCUT2D eigenvalue weighted by Crippen LogP contribution is -1.55. The van der Waals surface area contributed by atoms with Gasteiger partial charge < -0.3 is 0 Å². The summed E-state index contributed by atoms with van der Waals surface area (Å²) in [4.78, 5) is 0. The molecule has 0 bridgehead atoms. The summed E-state index contributed by atoms with van der Waals surface area (Å²) in [6.07, 6.45) is 0. The van der Waals surface area contributed by atoms with Gasteiger partial charge in [-0.1, -0.05) is 34.1 Å². The first-order valence-corrected chi connectivity index (χ1v) is 2.89. The van der Waals surface area contributed by atoms with Crippen molar-refractivity contribution in [2.45, 2.75) is 0 Å². The lowest BCUT2D eigenvalue weighted by atomic mass is 10.4. The van der Waals surface area contributed by atoms with Gasteiger partial charge in [0, 0.05) is 4.47 Å². The average molecular weight is 187 g/mol. The molecule has 0 N–H and O–H groups in total. The van der Waals surface area contributed by atoms with Crippen LogP contribution < -0.4 is 0 Å². The quantitative estimate of drug-likeness (QED) is 0.536. The minimum atomic E-state index is 0. The molecule has 0 aliphatic rings. The maximum absolute atomic E-state index is 3.31. The second kappa shape index (κ2) is 4.15. The van der Waals surface area contributed by atoms with E-state index in [0.29, 0.717) is 0 Å². The van der Waals surface area contributed by atoms with Crippen LogP contribution in [0.3, 0.4) is 0 Å². The second-order valence-electron chi connectivity index (χ2n) is 1.30. The number of hydrogen-bond acceptors (Lipinski definition) is 0. The van der Waals surface area contributed by atoms with Crippen LogP contribution in [-0.4, -0.2) is 17.4 Å². The maximum Gasteiger partial charge on any atom is 0.187 e. The molecule has 0 saturated carbocycles. The number of hydrogen-bond donors (Lipinski definition) is 0. The number of benzene rings is 1. The first-order valence-electron chi connectivity index (χ1n) is 2.10. The Morgan fingerprint density at radius 2 is 1.50 bits per heavy atom. The molecule has 0 atom stereocenters. The summed E-state index contributed by atoms with van der Waals surface area (Å²) < 4.78 is 1.13. The molecule has 0 saturated heterocycles. The SMILES string of the molecule is Brc1ccccc1.[AlH3]. The summed E-state index contributed by atoms with van der Waals surface area (Å²) >= 11 is 3.31. The third kappa shape index (κ3) is 2.52. The summed E-state index contributed by atoms with van der Waals surface area (Å²) in [6, 6.07) is 9.97. The summed E-state index contributed by atoms with van der Waals surface area (Å²) in [5.74, 6) is 0. The Morgan fingerprint density at radius 3 is 1.75 bits per heavy atom. The van der Waals surface area contributed by atoms with E-state index in [9.17, 15) is 0 Å². The average Bonchev–Trinajstić information content (AvgIpc) is 1.69. The molecule has 8 heavy (non-hydrogen) atoms. The van der Waals surface area contributed by atoms with Crippen LogP contribution in [0.15, 0.2) is 34.8 Å². The van der Waals surface area contributed by atoms with Crippen LogP contribution in [0.25, 0.3) is 0 Å².